The van der Waals surface area contributed by atoms with E-state index in [1.807, 2.05) is 6.07 Å². The smallest absolute Gasteiger partial charge is 0.264 e. The third-order valence-electron chi connectivity index (χ3n) is 4.35. The Kier molecular flexibility index (Phi) is 6.54. The van der Waals surface area contributed by atoms with E-state index in [4.69, 9.17) is 4.74 Å². The van der Waals surface area contributed by atoms with E-state index in [1.54, 1.807) is 66.7 Å². The van der Waals surface area contributed by atoms with Crippen LogP contribution in [0.5, 0.6) is 5.75 Å². The Bertz CT molecular complexity index is 1130. The van der Waals surface area contributed by atoms with Gasteiger partial charge in [0, 0.05) is 18.3 Å². The van der Waals surface area contributed by atoms with Gasteiger partial charge in [-0.3, -0.25) is 9.10 Å². The van der Waals surface area contributed by atoms with Gasteiger partial charge in [0.2, 0.25) is 0 Å². The maximum absolute atomic E-state index is 13.0. The second kappa shape index (κ2) is 9.28. The highest BCUT2D eigenvalue weighted by atomic mass is 32.2. The van der Waals surface area contributed by atoms with Crippen molar-refractivity contribution in [3.8, 4) is 5.75 Å². The molecule has 0 heterocycles. The zero-order valence-corrected chi connectivity index (χ0v) is 17.3. The summed E-state index contributed by atoms with van der Waals surface area (Å²) in [4.78, 5) is 12.7. The molecule has 0 atom stereocenters. The molecule has 3 aromatic carbocycles. The summed E-state index contributed by atoms with van der Waals surface area (Å²) in [5.41, 5.74) is 1.34. The largest absolute Gasteiger partial charge is 0.490 e. The molecule has 1 amide bonds. The number of rotatable bonds is 8. The number of hydrogen-bond acceptors (Lipinski definition) is 4. The number of carbonyl (C=O) groups excluding carboxylic acids is 1. The fourth-order valence-corrected chi connectivity index (χ4v) is 3.97. The maximum Gasteiger partial charge on any atom is 0.264 e. The van der Waals surface area contributed by atoms with Crippen LogP contribution in [0.3, 0.4) is 0 Å². The molecule has 0 aliphatic heterocycles. The van der Waals surface area contributed by atoms with Crippen molar-refractivity contribution >= 4 is 27.3 Å². The number of nitrogens with zero attached hydrogens (tertiary/aromatic N) is 1. The molecule has 0 aliphatic carbocycles. The Balaban J connectivity index is 1.77. The van der Waals surface area contributed by atoms with E-state index in [0.717, 1.165) is 0 Å². The maximum atomic E-state index is 13.0. The minimum atomic E-state index is -3.81. The summed E-state index contributed by atoms with van der Waals surface area (Å²) in [6, 6.07) is 21.6. The van der Waals surface area contributed by atoms with Crippen LogP contribution in [0.15, 0.2) is 96.4 Å². The molecule has 0 radical (unpaired) electrons. The van der Waals surface area contributed by atoms with E-state index in [0.29, 0.717) is 23.7 Å². The Morgan fingerprint density at radius 2 is 1.73 bits per heavy atom. The summed E-state index contributed by atoms with van der Waals surface area (Å²) >= 11 is 0. The van der Waals surface area contributed by atoms with Gasteiger partial charge in [-0.05, 0) is 54.6 Å². The lowest BCUT2D eigenvalue weighted by Gasteiger charge is -2.19. The first-order valence-corrected chi connectivity index (χ1v) is 10.6. The Morgan fingerprint density at radius 3 is 2.40 bits per heavy atom. The average Bonchev–Trinajstić information content (AvgIpc) is 2.78. The first-order chi connectivity index (χ1) is 14.4. The summed E-state index contributed by atoms with van der Waals surface area (Å²) in [5, 5.41) is 2.76. The lowest BCUT2D eigenvalue weighted by atomic mass is 10.2. The number of amides is 1. The van der Waals surface area contributed by atoms with Gasteiger partial charge in [0.15, 0.2) is 0 Å². The van der Waals surface area contributed by atoms with Crippen molar-refractivity contribution < 1.29 is 17.9 Å². The number of nitrogens with one attached hydrogen (secondary N) is 1. The molecule has 6 nitrogen and oxygen atoms in total. The van der Waals surface area contributed by atoms with E-state index < -0.39 is 15.9 Å². The molecule has 3 aromatic rings. The number of sulfonamides is 1. The first-order valence-electron chi connectivity index (χ1n) is 9.21. The minimum absolute atomic E-state index is 0.0367. The van der Waals surface area contributed by atoms with Crippen molar-refractivity contribution in [2.75, 3.05) is 23.3 Å². The highest BCUT2D eigenvalue weighted by Crippen LogP contribution is 2.23. The number of benzene rings is 3. The van der Waals surface area contributed by atoms with Gasteiger partial charge in [0.25, 0.3) is 15.9 Å². The van der Waals surface area contributed by atoms with Gasteiger partial charge < -0.3 is 10.1 Å². The van der Waals surface area contributed by atoms with Crippen molar-refractivity contribution in [3.05, 3.63) is 97.1 Å². The predicted octanol–water partition coefficient (Wildman–Crippen LogP) is 4.33. The number of para-hydroxylation sites is 1. The average molecular weight is 423 g/mol. The normalized spacial score (nSPS) is 10.8. The number of anilines is 2. The van der Waals surface area contributed by atoms with Crippen LogP contribution in [0, 0.1) is 0 Å². The molecule has 0 unspecified atom stereocenters. The molecule has 154 valence electrons. The standard InChI is InChI=1S/C23H22N2O4S/c1-3-16-29-21-14-12-19(13-15-21)24-23(26)18-8-7-11-22(17-18)30(27,28)25(2)20-9-5-4-6-10-20/h3-15,17H,1,16H2,2H3,(H,24,26). The van der Waals surface area contributed by atoms with Gasteiger partial charge in [0.05, 0.1) is 10.6 Å². The number of hydrogen-bond donors (Lipinski definition) is 1. The molecular formula is C23H22N2O4S. The molecule has 0 bridgehead atoms. The SMILES string of the molecule is C=CCOc1ccc(NC(=O)c2cccc(S(=O)(=O)N(C)c3ccccc3)c2)cc1. The molecule has 0 aromatic heterocycles. The van der Waals surface area contributed by atoms with Crippen molar-refractivity contribution in [2.24, 2.45) is 0 Å². The first kappa shape index (κ1) is 21.1. The van der Waals surface area contributed by atoms with Crippen LogP contribution >= 0.6 is 0 Å². The van der Waals surface area contributed by atoms with E-state index in [2.05, 4.69) is 11.9 Å². The lowest BCUT2D eigenvalue weighted by Crippen LogP contribution is -2.26. The third-order valence-corrected chi connectivity index (χ3v) is 6.14. The Hall–Kier alpha value is -3.58. The Morgan fingerprint density at radius 1 is 1.03 bits per heavy atom. The summed E-state index contributed by atoms with van der Waals surface area (Å²) in [6.45, 7) is 3.98. The second-order valence-electron chi connectivity index (χ2n) is 6.41. The Labute approximate surface area is 176 Å². The monoisotopic (exact) mass is 422 g/mol. The van der Waals surface area contributed by atoms with Crippen molar-refractivity contribution in [2.45, 2.75) is 4.90 Å². The number of ether oxygens (including phenoxy) is 1. The molecular weight excluding hydrogens is 400 g/mol. The predicted molar refractivity (Wildman–Crippen MR) is 119 cm³/mol. The molecule has 0 saturated heterocycles. The molecule has 7 heteroatoms. The fourth-order valence-electron chi connectivity index (χ4n) is 2.73. The third kappa shape index (κ3) is 4.87. The van der Waals surface area contributed by atoms with Crippen LogP contribution in [0.25, 0.3) is 0 Å². The van der Waals surface area contributed by atoms with Crippen LogP contribution < -0.4 is 14.4 Å². The van der Waals surface area contributed by atoms with Crippen LogP contribution in [0.4, 0.5) is 11.4 Å². The molecule has 0 saturated carbocycles. The second-order valence-corrected chi connectivity index (χ2v) is 8.38. The molecule has 3 rings (SSSR count). The summed E-state index contributed by atoms with van der Waals surface area (Å²) < 4.78 is 32.5. The molecule has 0 fully saturated rings. The van der Waals surface area contributed by atoms with Gasteiger partial charge in [-0.1, -0.05) is 36.9 Å². The van der Waals surface area contributed by atoms with E-state index >= 15 is 0 Å². The molecule has 0 spiro atoms. The fraction of sp³-hybridized carbons (Fsp3) is 0.0870. The molecule has 30 heavy (non-hydrogen) atoms. The van der Waals surface area contributed by atoms with E-state index in [9.17, 15) is 13.2 Å². The van der Waals surface area contributed by atoms with Crippen molar-refractivity contribution in [3.63, 3.8) is 0 Å². The lowest BCUT2D eigenvalue weighted by molar-refractivity contribution is 0.102. The van der Waals surface area contributed by atoms with E-state index in [1.165, 1.54) is 23.5 Å². The van der Waals surface area contributed by atoms with Gasteiger partial charge in [-0.2, -0.15) is 0 Å². The van der Waals surface area contributed by atoms with Crippen LogP contribution in [0.1, 0.15) is 10.4 Å². The van der Waals surface area contributed by atoms with Gasteiger partial charge in [0.1, 0.15) is 12.4 Å². The zero-order chi connectivity index (χ0) is 21.6. The summed E-state index contributed by atoms with van der Waals surface area (Å²) in [7, 11) is -2.33. The van der Waals surface area contributed by atoms with Crippen molar-refractivity contribution in [1.29, 1.82) is 0 Å². The van der Waals surface area contributed by atoms with Crippen molar-refractivity contribution in [1.82, 2.24) is 0 Å². The quantitative estimate of drug-likeness (QED) is 0.548. The molecule has 1 N–H and O–H groups in total. The van der Waals surface area contributed by atoms with Gasteiger partial charge in [-0.15, -0.1) is 0 Å². The van der Waals surface area contributed by atoms with E-state index in [-0.39, 0.29) is 10.5 Å². The minimum Gasteiger partial charge on any atom is -0.490 e. The zero-order valence-electron chi connectivity index (χ0n) is 16.5. The highest BCUT2D eigenvalue weighted by molar-refractivity contribution is 7.92. The summed E-state index contributed by atoms with van der Waals surface area (Å²) in [6.07, 6.45) is 1.64. The number of carbonyl (C=O) groups is 1. The van der Waals surface area contributed by atoms with Crippen LogP contribution in [-0.4, -0.2) is 28.0 Å². The topological polar surface area (TPSA) is 75.7 Å². The van der Waals surface area contributed by atoms with Crippen LogP contribution in [-0.2, 0) is 10.0 Å². The van der Waals surface area contributed by atoms with Gasteiger partial charge in [-0.25, -0.2) is 8.42 Å². The van der Waals surface area contributed by atoms with Crippen LogP contribution in [0.2, 0.25) is 0 Å². The summed E-state index contributed by atoms with van der Waals surface area (Å²) in [5.74, 6) is 0.249. The van der Waals surface area contributed by atoms with Gasteiger partial charge >= 0.3 is 0 Å². The highest BCUT2D eigenvalue weighted by Gasteiger charge is 2.22. The molecule has 0 aliphatic rings.